The zero-order valence-electron chi connectivity index (χ0n) is 10.8. The van der Waals surface area contributed by atoms with Crippen LogP contribution in [0.4, 0.5) is 0 Å². The predicted octanol–water partition coefficient (Wildman–Crippen LogP) is -10.7. The third kappa shape index (κ3) is 369000. The molecule has 29 N–H and O–H groups in total. The standard InChI is InChI=1S/CH3.Al.H3N.H2O4S.12H2O.2H/c;;;1-5(2,3)4;;;;;;;;;;;;;;/h1H3;;1H3;(H2,1,2,3,4);12*1H2;;. The maximum absolute atomic E-state index is 8.74. The normalized spacial score (nSPS) is 3.15. The second kappa shape index (κ2) is 174. The first kappa shape index (κ1) is 297. The van der Waals surface area contributed by atoms with Crippen LogP contribution in [0.3, 0.4) is 0 Å². The summed E-state index contributed by atoms with van der Waals surface area (Å²) in [4.78, 5) is 0. The van der Waals surface area contributed by atoms with Gasteiger partial charge in [-0.3, -0.25) is 9.11 Å². The minimum absolute atomic E-state index is 0. The first-order valence-electron chi connectivity index (χ1n) is 1.70. The van der Waals surface area contributed by atoms with Gasteiger partial charge in [0.05, 0.1) is 0 Å². The highest BCUT2D eigenvalue weighted by molar-refractivity contribution is 7.79. The Hall–Kier alpha value is -0.118. The summed E-state index contributed by atoms with van der Waals surface area (Å²) in [6, 6.07) is 0. The third-order valence-electron chi connectivity index (χ3n) is 0. The molecule has 0 aromatic heterocycles. The van der Waals surface area contributed by atoms with Crippen LogP contribution < -0.4 is 6.15 Å². The Morgan fingerprint density at radius 1 is 0.550 bits per heavy atom. The Kier molecular flexibility index (Phi) is 2590. The van der Waals surface area contributed by atoms with Crippen molar-refractivity contribution >= 4 is 26.7 Å². The van der Waals surface area contributed by atoms with Crippen molar-refractivity contribution < 1.29 is 83.2 Å². The van der Waals surface area contributed by atoms with Crippen molar-refractivity contribution in [3.05, 3.63) is 0 Å². The van der Waals surface area contributed by atoms with Crippen molar-refractivity contribution in [1.29, 1.82) is 0 Å². The van der Waals surface area contributed by atoms with E-state index in [0.29, 0.717) is 0 Å². The van der Waals surface area contributed by atoms with Crippen LogP contribution in [-0.4, -0.2) is 99.5 Å². The van der Waals surface area contributed by atoms with E-state index < -0.39 is 10.4 Å². The summed E-state index contributed by atoms with van der Waals surface area (Å²) in [7, 11) is -4.67. The van der Waals surface area contributed by atoms with Crippen molar-refractivity contribution in [1.82, 2.24) is 6.15 Å². The van der Waals surface area contributed by atoms with E-state index in [1.165, 1.54) is 16.3 Å². The van der Waals surface area contributed by atoms with Crippen molar-refractivity contribution in [2.24, 2.45) is 0 Å². The topological polar surface area (TPSA) is 488 Å². The molecule has 0 atom stereocenters. The second-order valence-electron chi connectivity index (χ2n) is 0.448. The molecular weight excluding hydrogens is 341 g/mol. The Morgan fingerprint density at radius 3 is 0.550 bits per heavy atom. The molecule has 17 nitrogen and oxygen atoms in total. The van der Waals surface area contributed by atoms with Crippen LogP contribution in [0.15, 0.2) is 0 Å². The van der Waals surface area contributed by atoms with E-state index in [-0.39, 0.29) is 71.9 Å². The van der Waals surface area contributed by atoms with Crippen LogP contribution in [0, 0.1) is 0 Å². The lowest BCUT2D eigenvalue weighted by Crippen LogP contribution is -1.89. The molecule has 0 aromatic rings. The van der Waals surface area contributed by atoms with Crippen LogP contribution in [0.5, 0.6) is 0 Å². The molecule has 0 fully saturated rings. The van der Waals surface area contributed by atoms with Crippen molar-refractivity contribution in [2.75, 3.05) is 0 Å². The fourth-order valence-corrected chi connectivity index (χ4v) is 0. The average Bonchev–Trinajstić information content (AvgIpc) is 1.36. The molecule has 0 saturated carbocycles. The lowest BCUT2D eigenvalue weighted by molar-refractivity contribution is 0.381. The lowest BCUT2D eigenvalue weighted by atomic mass is 11.9. The largest absolute Gasteiger partial charge is 0.412 e. The molecule has 0 radical (unpaired) electrons. The number of hydrogen-bond acceptors (Lipinski definition) is 3. The van der Waals surface area contributed by atoms with E-state index in [0.717, 1.165) is 0 Å². The number of rotatable bonds is 0. The first-order valence-corrected chi connectivity index (χ1v) is 5.10. The summed E-state index contributed by atoms with van der Waals surface area (Å²) in [5, 5.41) is 0. The molecule has 0 aliphatic heterocycles. The highest BCUT2D eigenvalue weighted by Gasteiger charge is 1.84. The highest BCUT2D eigenvalue weighted by Crippen LogP contribution is 1.59. The summed E-state index contributed by atoms with van der Waals surface area (Å²) in [6.45, 7) is 0. The minimum atomic E-state index is -4.67. The van der Waals surface area contributed by atoms with Gasteiger partial charge < -0.3 is 71.9 Å². The monoisotopic (exact) mass is 375 g/mol. The fourth-order valence-electron chi connectivity index (χ4n) is 0. The molecular formula is CH34AlNO16S. The average molecular weight is 375 g/mol. The molecule has 20 heavy (non-hydrogen) atoms. The van der Waals surface area contributed by atoms with Gasteiger partial charge in [-0.15, -0.1) is 5.79 Å². The van der Waals surface area contributed by atoms with E-state index in [1.807, 2.05) is 0 Å². The molecule has 148 valence electrons. The van der Waals surface area contributed by atoms with Gasteiger partial charge in [-0.25, -0.2) is 0 Å². The first-order chi connectivity index (χ1) is 3.00. The SMILES string of the molecule is N.O.O.O.O.O.O.O.O.O.O.O.O.O=S(=O)(O)O.[CH3][AlH2]. The van der Waals surface area contributed by atoms with Crippen molar-refractivity contribution in [3.63, 3.8) is 0 Å². The van der Waals surface area contributed by atoms with Crippen molar-refractivity contribution in [3.8, 4) is 0 Å². The van der Waals surface area contributed by atoms with Gasteiger partial charge in [0.25, 0.3) is 0 Å². The Bertz CT molecular complexity index is 106. The van der Waals surface area contributed by atoms with Crippen LogP contribution in [0.2, 0.25) is 5.79 Å². The molecule has 0 spiro atoms. The Labute approximate surface area is 122 Å². The molecule has 0 aliphatic rings. The highest BCUT2D eigenvalue weighted by atomic mass is 32.3. The summed E-state index contributed by atoms with van der Waals surface area (Å²) in [6.07, 6.45) is 0. The van der Waals surface area contributed by atoms with Crippen LogP contribution >= 0.6 is 0 Å². The molecule has 0 unspecified atom stereocenters. The number of hydrogen-bond donors (Lipinski definition) is 3. The van der Waals surface area contributed by atoms with E-state index in [9.17, 15) is 0 Å². The van der Waals surface area contributed by atoms with E-state index in [4.69, 9.17) is 17.5 Å². The van der Waals surface area contributed by atoms with Gasteiger partial charge in [0, 0.05) is 0 Å². The molecule has 0 rings (SSSR count). The molecule has 0 aromatic carbocycles. The maximum atomic E-state index is 8.74. The van der Waals surface area contributed by atoms with Gasteiger partial charge in [-0.2, -0.15) is 8.42 Å². The Morgan fingerprint density at radius 2 is 0.550 bits per heavy atom. The molecule has 0 amide bonds. The molecule has 0 aliphatic carbocycles. The summed E-state index contributed by atoms with van der Waals surface area (Å²) in [5.41, 5.74) is 0. The summed E-state index contributed by atoms with van der Waals surface area (Å²) in [5.74, 6) is 2.14. The van der Waals surface area contributed by atoms with Gasteiger partial charge >= 0.3 is 10.4 Å². The van der Waals surface area contributed by atoms with Crippen LogP contribution in [0.25, 0.3) is 0 Å². The van der Waals surface area contributed by atoms with Crippen LogP contribution in [-0.2, 0) is 10.4 Å². The predicted molar refractivity (Wildman–Crippen MR) is 77.0 cm³/mol. The third-order valence-corrected chi connectivity index (χ3v) is 0. The van der Waals surface area contributed by atoms with E-state index in [1.54, 1.807) is 0 Å². The summed E-state index contributed by atoms with van der Waals surface area (Å²) < 4.78 is 31.6. The zero-order valence-corrected chi connectivity index (χ0v) is 13.6. The lowest BCUT2D eigenvalue weighted by Gasteiger charge is -1.68. The minimum Gasteiger partial charge on any atom is -0.412 e. The zero-order chi connectivity index (χ0) is 6.50. The van der Waals surface area contributed by atoms with Gasteiger partial charge in [-0.05, 0) is 0 Å². The molecule has 0 bridgehead atoms. The van der Waals surface area contributed by atoms with E-state index >= 15 is 0 Å². The van der Waals surface area contributed by atoms with Crippen LogP contribution in [0.1, 0.15) is 0 Å². The van der Waals surface area contributed by atoms with Gasteiger partial charge in [0.15, 0.2) is 0 Å². The van der Waals surface area contributed by atoms with Gasteiger partial charge in [0.1, 0.15) is 0 Å². The fraction of sp³-hybridized carbons (Fsp3) is 1.00. The van der Waals surface area contributed by atoms with Gasteiger partial charge in [-0.1, -0.05) is 0 Å². The quantitative estimate of drug-likeness (QED) is 0.273. The molecule has 0 saturated heterocycles. The second-order valence-corrected chi connectivity index (χ2v) is 1.34. The Balaban J connectivity index is -0.00000000124. The van der Waals surface area contributed by atoms with Gasteiger partial charge in [0.2, 0.25) is 16.3 Å². The molecule has 0 heterocycles. The summed E-state index contributed by atoms with van der Waals surface area (Å²) >= 11 is 1.31. The molecule has 19 heteroatoms. The maximum Gasteiger partial charge on any atom is 0.394 e. The van der Waals surface area contributed by atoms with E-state index in [2.05, 4.69) is 5.79 Å². The smallest absolute Gasteiger partial charge is 0.394 e. The van der Waals surface area contributed by atoms with Crippen molar-refractivity contribution in [2.45, 2.75) is 5.79 Å².